The summed E-state index contributed by atoms with van der Waals surface area (Å²) < 4.78 is 0. The van der Waals surface area contributed by atoms with Crippen molar-refractivity contribution in [2.75, 3.05) is 0 Å². The minimum atomic E-state index is -0.0423. The Kier molecular flexibility index (Phi) is 2.88. The summed E-state index contributed by atoms with van der Waals surface area (Å²) in [4.78, 5) is 0. The molecule has 74 valence electrons. The number of nitriles is 1. The first-order valence-electron chi connectivity index (χ1n) is 5.27. The van der Waals surface area contributed by atoms with Crippen LogP contribution in [-0.2, 0) is 6.42 Å². The van der Waals surface area contributed by atoms with Crippen LogP contribution in [0.2, 0.25) is 0 Å². The molecule has 0 spiro atoms. The molecule has 1 heterocycles. The van der Waals surface area contributed by atoms with Crippen LogP contribution >= 0.6 is 11.3 Å². The summed E-state index contributed by atoms with van der Waals surface area (Å²) in [7, 11) is 0. The lowest BCUT2D eigenvalue weighted by Gasteiger charge is -2.30. The van der Waals surface area contributed by atoms with Gasteiger partial charge in [-0.15, -0.1) is 0 Å². The largest absolute Gasteiger partial charge is 0.198 e. The maximum Gasteiger partial charge on any atom is 0.0693 e. The second kappa shape index (κ2) is 4.14. The highest BCUT2D eigenvalue weighted by Gasteiger charge is 2.32. The molecule has 0 atom stereocenters. The molecule has 2 heteroatoms. The lowest BCUT2D eigenvalue weighted by atomic mass is 9.72. The van der Waals surface area contributed by atoms with Crippen molar-refractivity contribution in [3.8, 4) is 6.07 Å². The van der Waals surface area contributed by atoms with E-state index in [2.05, 4.69) is 22.9 Å². The molecule has 0 radical (unpaired) electrons. The van der Waals surface area contributed by atoms with Crippen molar-refractivity contribution in [2.24, 2.45) is 5.41 Å². The number of thiophene rings is 1. The average molecular weight is 205 g/mol. The summed E-state index contributed by atoms with van der Waals surface area (Å²) in [5.74, 6) is 0. The SMILES string of the molecule is N#CC1(Cc2ccsc2)CCCCC1. The van der Waals surface area contributed by atoms with Gasteiger partial charge in [-0.2, -0.15) is 16.6 Å². The molecule has 1 aliphatic rings. The van der Waals surface area contributed by atoms with E-state index < -0.39 is 0 Å². The predicted molar refractivity (Wildman–Crippen MR) is 59.2 cm³/mol. The van der Waals surface area contributed by atoms with Gasteiger partial charge < -0.3 is 0 Å². The quantitative estimate of drug-likeness (QED) is 0.721. The summed E-state index contributed by atoms with van der Waals surface area (Å²) in [6, 6.07) is 4.71. The van der Waals surface area contributed by atoms with E-state index in [4.69, 9.17) is 0 Å². The normalized spacial score (nSPS) is 20.2. The van der Waals surface area contributed by atoms with Gasteiger partial charge in [0.15, 0.2) is 0 Å². The Morgan fingerprint density at radius 2 is 2.14 bits per heavy atom. The molecular formula is C12H15NS. The number of nitrogens with zero attached hydrogens (tertiary/aromatic N) is 1. The van der Waals surface area contributed by atoms with Crippen molar-refractivity contribution < 1.29 is 0 Å². The Balaban J connectivity index is 2.09. The average Bonchev–Trinajstić information content (AvgIpc) is 2.72. The summed E-state index contributed by atoms with van der Waals surface area (Å²) >= 11 is 1.73. The highest BCUT2D eigenvalue weighted by Crippen LogP contribution is 2.38. The molecule has 0 amide bonds. The van der Waals surface area contributed by atoms with Gasteiger partial charge in [-0.1, -0.05) is 19.3 Å². The number of hydrogen-bond donors (Lipinski definition) is 0. The molecule has 2 rings (SSSR count). The van der Waals surface area contributed by atoms with Gasteiger partial charge in [-0.05, 0) is 41.7 Å². The zero-order chi connectivity index (χ0) is 9.86. The molecule has 0 bridgehead atoms. The van der Waals surface area contributed by atoms with Gasteiger partial charge in [0.05, 0.1) is 11.5 Å². The van der Waals surface area contributed by atoms with Crippen molar-refractivity contribution >= 4 is 11.3 Å². The third-order valence-corrected chi connectivity index (χ3v) is 3.90. The second-order valence-electron chi connectivity index (χ2n) is 4.26. The zero-order valence-electron chi connectivity index (χ0n) is 8.33. The van der Waals surface area contributed by atoms with Crippen LogP contribution in [0.25, 0.3) is 0 Å². The van der Waals surface area contributed by atoms with Gasteiger partial charge >= 0.3 is 0 Å². The summed E-state index contributed by atoms with van der Waals surface area (Å²) in [6.07, 6.45) is 6.94. The topological polar surface area (TPSA) is 23.8 Å². The minimum absolute atomic E-state index is 0.0423. The van der Waals surface area contributed by atoms with Gasteiger partial charge in [0.2, 0.25) is 0 Å². The number of rotatable bonds is 2. The maximum atomic E-state index is 9.29. The van der Waals surface area contributed by atoms with E-state index in [9.17, 15) is 5.26 Å². The van der Waals surface area contributed by atoms with Gasteiger partial charge in [0.25, 0.3) is 0 Å². The molecule has 1 aromatic heterocycles. The van der Waals surface area contributed by atoms with Gasteiger partial charge in [0.1, 0.15) is 0 Å². The number of hydrogen-bond acceptors (Lipinski definition) is 2. The van der Waals surface area contributed by atoms with Gasteiger partial charge in [0, 0.05) is 0 Å². The van der Waals surface area contributed by atoms with E-state index in [1.807, 2.05) is 0 Å². The molecule has 1 fully saturated rings. The molecular weight excluding hydrogens is 190 g/mol. The zero-order valence-corrected chi connectivity index (χ0v) is 9.15. The molecule has 1 nitrogen and oxygen atoms in total. The van der Waals surface area contributed by atoms with E-state index in [1.165, 1.54) is 24.8 Å². The second-order valence-corrected chi connectivity index (χ2v) is 5.04. The predicted octanol–water partition coefficient (Wildman–Crippen LogP) is 3.76. The van der Waals surface area contributed by atoms with Crippen LogP contribution < -0.4 is 0 Å². The van der Waals surface area contributed by atoms with Crippen molar-refractivity contribution in [3.05, 3.63) is 22.4 Å². The van der Waals surface area contributed by atoms with E-state index in [1.54, 1.807) is 11.3 Å². The van der Waals surface area contributed by atoms with Gasteiger partial charge in [-0.25, -0.2) is 0 Å². The molecule has 14 heavy (non-hydrogen) atoms. The highest BCUT2D eigenvalue weighted by molar-refractivity contribution is 7.07. The molecule has 0 aromatic carbocycles. The van der Waals surface area contributed by atoms with Crippen LogP contribution in [0, 0.1) is 16.7 Å². The molecule has 1 aliphatic carbocycles. The fourth-order valence-corrected chi connectivity index (χ4v) is 3.01. The van der Waals surface area contributed by atoms with Crippen LogP contribution in [0.1, 0.15) is 37.7 Å². The Hall–Kier alpha value is -0.810. The van der Waals surface area contributed by atoms with Crippen molar-refractivity contribution in [2.45, 2.75) is 38.5 Å². The lowest BCUT2D eigenvalue weighted by Crippen LogP contribution is -2.24. The third-order valence-electron chi connectivity index (χ3n) is 3.17. The Morgan fingerprint density at radius 3 is 2.71 bits per heavy atom. The summed E-state index contributed by atoms with van der Waals surface area (Å²) in [5.41, 5.74) is 1.30. The highest BCUT2D eigenvalue weighted by atomic mass is 32.1. The van der Waals surface area contributed by atoms with E-state index in [0.717, 1.165) is 19.3 Å². The maximum absolute atomic E-state index is 9.29. The molecule has 0 unspecified atom stereocenters. The molecule has 0 saturated heterocycles. The molecule has 1 aromatic rings. The lowest BCUT2D eigenvalue weighted by molar-refractivity contribution is 0.266. The van der Waals surface area contributed by atoms with E-state index in [-0.39, 0.29) is 5.41 Å². The van der Waals surface area contributed by atoms with E-state index in [0.29, 0.717) is 0 Å². The fraction of sp³-hybridized carbons (Fsp3) is 0.583. The minimum Gasteiger partial charge on any atom is -0.198 e. The van der Waals surface area contributed by atoms with Crippen LogP contribution in [0.15, 0.2) is 16.8 Å². The standard InChI is InChI=1S/C12H15NS/c13-10-12(5-2-1-3-6-12)8-11-4-7-14-9-11/h4,7,9H,1-3,5-6,8H2. The van der Waals surface area contributed by atoms with Crippen LogP contribution in [0.3, 0.4) is 0 Å². The fourth-order valence-electron chi connectivity index (χ4n) is 2.34. The first kappa shape index (κ1) is 9.73. The molecule has 0 aliphatic heterocycles. The monoisotopic (exact) mass is 205 g/mol. The first-order valence-corrected chi connectivity index (χ1v) is 6.21. The summed E-state index contributed by atoms with van der Waals surface area (Å²) in [6.45, 7) is 0. The van der Waals surface area contributed by atoms with Crippen molar-refractivity contribution in [3.63, 3.8) is 0 Å². The molecule has 1 saturated carbocycles. The van der Waals surface area contributed by atoms with Gasteiger partial charge in [-0.3, -0.25) is 0 Å². The van der Waals surface area contributed by atoms with Crippen LogP contribution in [-0.4, -0.2) is 0 Å². The van der Waals surface area contributed by atoms with Crippen molar-refractivity contribution in [1.82, 2.24) is 0 Å². The molecule has 0 N–H and O–H groups in total. The van der Waals surface area contributed by atoms with Crippen LogP contribution in [0.4, 0.5) is 0 Å². The van der Waals surface area contributed by atoms with Crippen molar-refractivity contribution in [1.29, 1.82) is 5.26 Å². The smallest absolute Gasteiger partial charge is 0.0693 e. The van der Waals surface area contributed by atoms with Crippen LogP contribution in [0.5, 0.6) is 0 Å². The Labute approximate surface area is 89.4 Å². The Bertz CT molecular complexity index is 315. The van der Waals surface area contributed by atoms with E-state index >= 15 is 0 Å². The first-order chi connectivity index (χ1) is 6.85. The third kappa shape index (κ3) is 1.99. The Morgan fingerprint density at radius 1 is 1.36 bits per heavy atom. The summed E-state index contributed by atoms with van der Waals surface area (Å²) in [5, 5.41) is 13.6.